The summed E-state index contributed by atoms with van der Waals surface area (Å²) >= 11 is 0.950. The minimum Gasteiger partial charge on any atom is -0.381 e. The lowest BCUT2D eigenvalue weighted by Crippen LogP contribution is -2.25. The van der Waals surface area contributed by atoms with Gasteiger partial charge < -0.3 is 10.1 Å². The summed E-state index contributed by atoms with van der Waals surface area (Å²) in [5.74, 6) is 0.229. The summed E-state index contributed by atoms with van der Waals surface area (Å²) in [5.41, 5.74) is 0.330. The van der Waals surface area contributed by atoms with Gasteiger partial charge in [0.25, 0.3) is 5.91 Å². The molecule has 2 heterocycles. The molecule has 0 aromatic carbocycles. The van der Waals surface area contributed by atoms with Crippen LogP contribution in [0.4, 0.5) is 0 Å². The number of nitrogens with one attached hydrogen (secondary N) is 1. The molecule has 1 aliphatic heterocycles. The highest BCUT2D eigenvalue weighted by molar-refractivity contribution is 7.91. The van der Waals surface area contributed by atoms with Crippen molar-refractivity contribution < 1.29 is 17.9 Å². The number of carbonyl (C=O) groups is 1. The molecular weight excluding hydrogens is 288 g/mol. The van der Waals surface area contributed by atoms with Gasteiger partial charge in [-0.05, 0) is 24.8 Å². The van der Waals surface area contributed by atoms with Crippen LogP contribution in [0.15, 0.2) is 15.7 Å². The predicted molar refractivity (Wildman–Crippen MR) is 71.6 cm³/mol. The molecule has 1 amide bonds. The van der Waals surface area contributed by atoms with Crippen LogP contribution in [0.2, 0.25) is 0 Å². The fraction of sp³-hybridized carbons (Fsp3) is 0.545. The Morgan fingerprint density at radius 2 is 2.37 bits per heavy atom. The first-order chi connectivity index (χ1) is 8.97. The fourth-order valence-corrected chi connectivity index (χ4v) is 3.47. The molecular formula is C11H16N2O4S2. The lowest BCUT2D eigenvalue weighted by Gasteiger charge is -2.07. The number of nitrogens with two attached hydrogens (primary N) is 1. The van der Waals surface area contributed by atoms with Crippen molar-refractivity contribution in [2.75, 3.05) is 19.8 Å². The zero-order valence-electron chi connectivity index (χ0n) is 10.3. The third-order valence-corrected chi connectivity index (χ3v) is 5.37. The lowest BCUT2D eigenvalue weighted by atomic mass is 10.1. The first-order valence-corrected chi connectivity index (χ1v) is 8.36. The summed E-state index contributed by atoms with van der Waals surface area (Å²) in [6.07, 6.45) is 1.90. The predicted octanol–water partition coefficient (Wildman–Crippen LogP) is 0.552. The molecule has 1 atom stereocenters. The van der Waals surface area contributed by atoms with Crippen LogP contribution in [0.3, 0.4) is 0 Å². The smallest absolute Gasteiger partial charge is 0.252 e. The van der Waals surface area contributed by atoms with Crippen LogP contribution < -0.4 is 10.5 Å². The monoisotopic (exact) mass is 304 g/mol. The van der Waals surface area contributed by atoms with E-state index in [0.717, 1.165) is 37.4 Å². The second-order valence-corrected chi connectivity index (χ2v) is 7.17. The van der Waals surface area contributed by atoms with Gasteiger partial charge >= 0.3 is 0 Å². The zero-order chi connectivity index (χ0) is 13.9. The van der Waals surface area contributed by atoms with Gasteiger partial charge in [0.15, 0.2) is 0 Å². The Morgan fingerprint density at radius 3 is 2.95 bits per heavy atom. The second kappa shape index (κ2) is 6.00. The lowest BCUT2D eigenvalue weighted by molar-refractivity contribution is 0.0951. The maximum atomic E-state index is 11.8. The van der Waals surface area contributed by atoms with Crippen molar-refractivity contribution in [2.24, 2.45) is 11.1 Å². The SMILES string of the molecule is NS(=O)(=O)c1cc(C(=O)NCCC2CCOC2)cs1. The number of thiophene rings is 1. The van der Waals surface area contributed by atoms with Crippen molar-refractivity contribution in [1.82, 2.24) is 5.32 Å². The molecule has 0 bridgehead atoms. The summed E-state index contributed by atoms with van der Waals surface area (Å²) in [6.45, 7) is 2.11. The number of amides is 1. The Balaban J connectivity index is 1.84. The van der Waals surface area contributed by atoms with Crippen LogP contribution in [-0.4, -0.2) is 34.1 Å². The quantitative estimate of drug-likeness (QED) is 0.830. The van der Waals surface area contributed by atoms with E-state index < -0.39 is 10.0 Å². The second-order valence-electron chi connectivity index (χ2n) is 4.47. The molecule has 6 nitrogen and oxygen atoms in total. The highest BCUT2D eigenvalue weighted by Gasteiger charge is 2.17. The number of ether oxygens (including phenoxy) is 1. The van der Waals surface area contributed by atoms with Gasteiger partial charge in [-0.15, -0.1) is 11.3 Å². The Bertz CT molecular complexity index is 547. The summed E-state index contributed by atoms with van der Waals surface area (Å²) in [4.78, 5) is 11.8. The first-order valence-electron chi connectivity index (χ1n) is 5.94. The zero-order valence-corrected chi connectivity index (χ0v) is 11.9. The first kappa shape index (κ1) is 14.4. The van der Waals surface area contributed by atoms with E-state index in [0.29, 0.717) is 18.0 Å². The van der Waals surface area contributed by atoms with Crippen LogP contribution in [0.5, 0.6) is 0 Å². The van der Waals surface area contributed by atoms with Crippen molar-refractivity contribution in [3.63, 3.8) is 0 Å². The average Bonchev–Trinajstić information content (AvgIpc) is 2.99. The number of primary sulfonamides is 1. The van der Waals surface area contributed by atoms with E-state index in [1.807, 2.05) is 0 Å². The van der Waals surface area contributed by atoms with Crippen molar-refractivity contribution in [1.29, 1.82) is 0 Å². The minimum absolute atomic E-state index is 0.00171. The number of sulfonamides is 1. The molecule has 1 saturated heterocycles. The van der Waals surface area contributed by atoms with Crippen LogP contribution in [0.1, 0.15) is 23.2 Å². The number of rotatable bonds is 5. The minimum atomic E-state index is -3.73. The maximum Gasteiger partial charge on any atom is 0.252 e. The average molecular weight is 304 g/mol. The van der Waals surface area contributed by atoms with E-state index in [-0.39, 0.29) is 10.1 Å². The third-order valence-electron chi connectivity index (χ3n) is 2.98. The molecule has 19 heavy (non-hydrogen) atoms. The highest BCUT2D eigenvalue weighted by atomic mass is 32.2. The molecule has 8 heteroatoms. The summed E-state index contributed by atoms with van der Waals surface area (Å²) in [6, 6.07) is 1.30. The highest BCUT2D eigenvalue weighted by Crippen LogP contribution is 2.19. The van der Waals surface area contributed by atoms with E-state index in [1.165, 1.54) is 11.4 Å². The molecule has 106 valence electrons. The third kappa shape index (κ3) is 4.00. The van der Waals surface area contributed by atoms with Gasteiger partial charge in [0.05, 0.1) is 5.56 Å². The Hall–Kier alpha value is -0.960. The number of hydrogen-bond donors (Lipinski definition) is 2. The standard InChI is InChI=1S/C11H16N2O4S2/c12-19(15,16)10-5-9(7-18-10)11(14)13-3-1-8-2-4-17-6-8/h5,7-8H,1-4,6H2,(H,13,14)(H2,12,15,16). The molecule has 3 N–H and O–H groups in total. The van der Waals surface area contributed by atoms with E-state index in [4.69, 9.17) is 9.88 Å². The summed E-state index contributed by atoms with van der Waals surface area (Å²) < 4.78 is 27.4. The Kier molecular flexibility index (Phi) is 4.56. The number of hydrogen-bond acceptors (Lipinski definition) is 5. The summed E-state index contributed by atoms with van der Waals surface area (Å²) in [7, 11) is -3.73. The van der Waals surface area contributed by atoms with Gasteiger partial charge in [-0.1, -0.05) is 0 Å². The molecule has 1 unspecified atom stereocenters. The Labute approximate surface area is 116 Å². The van der Waals surface area contributed by atoms with Gasteiger partial charge in [0, 0.05) is 25.1 Å². The Morgan fingerprint density at radius 1 is 1.58 bits per heavy atom. The summed E-state index contributed by atoms with van der Waals surface area (Å²) in [5, 5.41) is 9.25. The molecule has 2 rings (SSSR count). The van der Waals surface area contributed by atoms with Crippen molar-refractivity contribution in [3.8, 4) is 0 Å². The molecule has 1 aromatic rings. The van der Waals surface area contributed by atoms with Crippen LogP contribution >= 0.6 is 11.3 Å². The molecule has 0 aliphatic carbocycles. The largest absolute Gasteiger partial charge is 0.381 e. The number of carbonyl (C=O) groups excluding carboxylic acids is 1. The molecule has 1 fully saturated rings. The van der Waals surface area contributed by atoms with Gasteiger partial charge in [0.2, 0.25) is 10.0 Å². The van der Waals surface area contributed by atoms with E-state index in [9.17, 15) is 13.2 Å². The van der Waals surface area contributed by atoms with Gasteiger partial charge in [-0.25, -0.2) is 13.6 Å². The molecule has 0 spiro atoms. The molecule has 1 aliphatic rings. The van der Waals surface area contributed by atoms with Crippen LogP contribution in [0, 0.1) is 5.92 Å². The van der Waals surface area contributed by atoms with E-state index in [1.54, 1.807) is 0 Å². The van der Waals surface area contributed by atoms with Crippen LogP contribution in [0.25, 0.3) is 0 Å². The normalized spacial score (nSPS) is 19.5. The van der Waals surface area contributed by atoms with Crippen molar-refractivity contribution in [2.45, 2.75) is 17.1 Å². The fourth-order valence-electron chi connectivity index (χ4n) is 1.89. The van der Waals surface area contributed by atoms with Gasteiger partial charge in [-0.2, -0.15) is 0 Å². The van der Waals surface area contributed by atoms with Crippen molar-refractivity contribution in [3.05, 3.63) is 17.0 Å². The van der Waals surface area contributed by atoms with E-state index in [2.05, 4.69) is 5.32 Å². The van der Waals surface area contributed by atoms with Gasteiger partial charge in [-0.3, -0.25) is 4.79 Å². The van der Waals surface area contributed by atoms with Gasteiger partial charge in [0.1, 0.15) is 4.21 Å². The topological polar surface area (TPSA) is 98.5 Å². The molecule has 1 aromatic heterocycles. The van der Waals surface area contributed by atoms with Crippen LogP contribution in [-0.2, 0) is 14.8 Å². The van der Waals surface area contributed by atoms with Crippen molar-refractivity contribution >= 4 is 27.3 Å². The maximum absolute atomic E-state index is 11.8. The molecule has 0 saturated carbocycles. The van der Waals surface area contributed by atoms with E-state index >= 15 is 0 Å². The molecule has 0 radical (unpaired) electrons.